The first-order valence-corrected chi connectivity index (χ1v) is 9.58. The summed E-state index contributed by atoms with van der Waals surface area (Å²) in [6, 6.07) is 15.9. The van der Waals surface area contributed by atoms with Gasteiger partial charge in [-0.05, 0) is 55.1 Å². The number of benzene rings is 2. The van der Waals surface area contributed by atoms with Crippen molar-refractivity contribution in [3.05, 3.63) is 65.4 Å². The van der Waals surface area contributed by atoms with E-state index in [1.165, 1.54) is 4.90 Å². The van der Waals surface area contributed by atoms with Crippen molar-refractivity contribution in [1.82, 2.24) is 9.88 Å². The Morgan fingerprint density at radius 3 is 2.54 bits per heavy atom. The van der Waals surface area contributed by atoms with E-state index in [9.17, 15) is 4.79 Å². The van der Waals surface area contributed by atoms with Crippen LogP contribution in [0.15, 0.2) is 53.4 Å². The summed E-state index contributed by atoms with van der Waals surface area (Å²) in [5, 5.41) is 0.899. The predicted octanol–water partition coefficient (Wildman–Crippen LogP) is 4.55. The number of carbonyl (C=O) groups excluding carboxylic acids is 1. The van der Waals surface area contributed by atoms with Gasteiger partial charge < -0.3 is 9.64 Å². The minimum Gasteiger partial charge on any atom is -0.497 e. The van der Waals surface area contributed by atoms with Crippen molar-refractivity contribution in [3.63, 3.8) is 0 Å². The molecule has 0 fully saturated rings. The first kappa shape index (κ1) is 18.3. The minimum atomic E-state index is -0.0336. The molecule has 1 amide bonds. The molecule has 134 valence electrons. The lowest BCUT2D eigenvalue weighted by molar-refractivity contribution is 0.0784. The minimum absolute atomic E-state index is 0.0336. The molecule has 3 aromatic rings. The van der Waals surface area contributed by atoms with Crippen molar-refractivity contribution in [1.29, 1.82) is 0 Å². The molecule has 0 bridgehead atoms. The van der Waals surface area contributed by atoms with E-state index < -0.39 is 0 Å². The van der Waals surface area contributed by atoms with Crippen molar-refractivity contribution in [3.8, 4) is 5.75 Å². The number of ether oxygens (including phenoxy) is 1. The van der Waals surface area contributed by atoms with Crippen LogP contribution < -0.4 is 4.74 Å². The zero-order chi connectivity index (χ0) is 18.7. The highest BCUT2D eigenvalue weighted by Crippen LogP contribution is 2.23. The molecule has 0 aliphatic heterocycles. The van der Waals surface area contributed by atoms with Crippen LogP contribution in [0.4, 0.5) is 0 Å². The fourth-order valence-electron chi connectivity index (χ4n) is 2.88. The van der Waals surface area contributed by atoms with E-state index in [1.54, 1.807) is 23.8 Å². The van der Waals surface area contributed by atoms with Gasteiger partial charge in [0.15, 0.2) is 0 Å². The van der Waals surface area contributed by atoms with Crippen LogP contribution in [0.1, 0.15) is 21.6 Å². The molecular formula is C21H22N2O2S. The third kappa shape index (κ3) is 3.83. The maximum absolute atomic E-state index is 12.9. The largest absolute Gasteiger partial charge is 0.497 e. The van der Waals surface area contributed by atoms with Crippen LogP contribution in [0.25, 0.3) is 10.9 Å². The molecule has 5 heteroatoms. The lowest BCUT2D eigenvalue weighted by Crippen LogP contribution is -2.27. The zero-order valence-corrected chi connectivity index (χ0v) is 16.3. The van der Waals surface area contributed by atoms with E-state index in [2.05, 4.69) is 35.5 Å². The number of aromatic nitrogens is 1. The van der Waals surface area contributed by atoms with Gasteiger partial charge in [0.1, 0.15) is 5.75 Å². The van der Waals surface area contributed by atoms with E-state index in [0.717, 1.165) is 27.9 Å². The zero-order valence-electron chi connectivity index (χ0n) is 15.4. The molecule has 0 radical (unpaired) electrons. The average molecular weight is 366 g/mol. The molecule has 0 saturated heterocycles. The van der Waals surface area contributed by atoms with Gasteiger partial charge >= 0.3 is 0 Å². The van der Waals surface area contributed by atoms with Crippen LogP contribution >= 0.6 is 11.8 Å². The smallest absolute Gasteiger partial charge is 0.255 e. The molecule has 1 heterocycles. The van der Waals surface area contributed by atoms with Crippen LogP contribution in [-0.4, -0.2) is 36.2 Å². The van der Waals surface area contributed by atoms with Gasteiger partial charge in [0.2, 0.25) is 0 Å². The Kier molecular flexibility index (Phi) is 5.47. The Hall–Kier alpha value is -2.53. The Bertz CT molecular complexity index is 939. The number of nitrogens with zero attached hydrogens (tertiary/aromatic N) is 2. The lowest BCUT2D eigenvalue weighted by atomic mass is 10.1. The van der Waals surface area contributed by atoms with Crippen LogP contribution in [0.5, 0.6) is 5.75 Å². The number of fused-ring (bicyclic) bond motifs is 1. The maximum atomic E-state index is 12.9. The Morgan fingerprint density at radius 1 is 1.15 bits per heavy atom. The van der Waals surface area contributed by atoms with E-state index in [-0.39, 0.29) is 5.91 Å². The van der Waals surface area contributed by atoms with Gasteiger partial charge in [-0.25, -0.2) is 0 Å². The highest BCUT2D eigenvalue weighted by atomic mass is 32.2. The Labute approximate surface area is 158 Å². The van der Waals surface area contributed by atoms with Crippen molar-refractivity contribution in [2.24, 2.45) is 0 Å². The molecule has 0 aliphatic carbocycles. The molecule has 0 saturated carbocycles. The summed E-state index contributed by atoms with van der Waals surface area (Å²) < 4.78 is 5.27. The van der Waals surface area contributed by atoms with E-state index in [0.29, 0.717) is 12.1 Å². The molecule has 2 aromatic carbocycles. The van der Waals surface area contributed by atoms with Crippen molar-refractivity contribution in [2.75, 3.05) is 20.4 Å². The number of thioether (sulfide) groups is 1. The number of hydrogen-bond acceptors (Lipinski definition) is 4. The van der Waals surface area contributed by atoms with Gasteiger partial charge in [0, 0.05) is 23.9 Å². The number of amides is 1. The molecule has 0 unspecified atom stereocenters. The number of rotatable bonds is 5. The Morgan fingerprint density at radius 2 is 1.88 bits per heavy atom. The fraction of sp³-hybridized carbons (Fsp3) is 0.238. The van der Waals surface area contributed by atoms with Crippen molar-refractivity contribution >= 4 is 28.6 Å². The van der Waals surface area contributed by atoms with Crippen LogP contribution in [0, 0.1) is 6.92 Å². The second-order valence-electron chi connectivity index (χ2n) is 6.19. The molecule has 0 aliphatic rings. The second kappa shape index (κ2) is 7.79. The highest BCUT2D eigenvalue weighted by Gasteiger charge is 2.16. The number of aryl methyl sites for hydroxylation is 1. The SMILES string of the molecule is COc1ccc2nc(C)c(C(=O)N(C)Cc3ccc(SC)cc3)cc2c1. The summed E-state index contributed by atoms with van der Waals surface area (Å²) in [5.41, 5.74) is 3.31. The summed E-state index contributed by atoms with van der Waals surface area (Å²) >= 11 is 1.71. The molecule has 0 N–H and O–H groups in total. The standard InChI is InChI=1S/C21H22N2O2S/c1-14-19(12-16-11-17(25-3)7-10-20(16)22-14)21(24)23(2)13-15-5-8-18(26-4)9-6-15/h5-12H,13H2,1-4H3. The fourth-order valence-corrected chi connectivity index (χ4v) is 3.28. The third-order valence-corrected chi connectivity index (χ3v) is 5.11. The number of pyridine rings is 1. The summed E-state index contributed by atoms with van der Waals surface area (Å²) in [5.74, 6) is 0.720. The van der Waals surface area contributed by atoms with E-state index in [4.69, 9.17) is 4.74 Å². The summed E-state index contributed by atoms with van der Waals surface area (Å²) in [4.78, 5) is 20.5. The molecule has 3 rings (SSSR count). The van der Waals surface area contributed by atoms with E-state index in [1.807, 2.05) is 38.2 Å². The monoisotopic (exact) mass is 366 g/mol. The normalized spacial score (nSPS) is 10.8. The molecular weight excluding hydrogens is 344 g/mol. The highest BCUT2D eigenvalue weighted by molar-refractivity contribution is 7.98. The van der Waals surface area contributed by atoms with Gasteiger partial charge in [0.05, 0.1) is 23.9 Å². The number of carbonyl (C=O) groups is 1. The first-order valence-electron chi connectivity index (χ1n) is 8.35. The van der Waals surface area contributed by atoms with Crippen LogP contribution in [0.3, 0.4) is 0 Å². The maximum Gasteiger partial charge on any atom is 0.255 e. The van der Waals surface area contributed by atoms with Gasteiger partial charge in [-0.1, -0.05) is 12.1 Å². The summed E-state index contributed by atoms with van der Waals surface area (Å²) in [6.45, 7) is 2.43. The molecule has 26 heavy (non-hydrogen) atoms. The van der Waals surface area contributed by atoms with Gasteiger partial charge in [-0.15, -0.1) is 11.8 Å². The van der Waals surface area contributed by atoms with E-state index >= 15 is 0 Å². The topological polar surface area (TPSA) is 42.4 Å². The second-order valence-corrected chi connectivity index (χ2v) is 7.07. The molecule has 0 atom stereocenters. The summed E-state index contributed by atoms with van der Waals surface area (Å²) in [7, 11) is 3.45. The Balaban J connectivity index is 1.86. The quantitative estimate of drug-likeness (QED) is 0.622. The van der Waals surface area contributed by atoms with Gasteiger partial charge in [-0.2, -0.15) is 0 Å². The molecule has 0 spiro atoms. The first-order chi connectivity index (χ1) is 12.5. The molecule has 1 aromatic heterocycles. The van der Waals surface area contributed by atoms with Gasteiger partial charge in [0.25, 0.3) is 5.91 Å². The number of hydrogen-bond donors (Lipinski definition) is 0. The number of methoxy groups -OCH3 is 1. The van der Waals surface area contributed by atoms with Crippen LogP contribution in [0.2, 0.25) is 0 Å². The lowest BCUT2D eigenvalue weighted by Gasteiger charge is -2.19. The van der Waals surface area contributed by atoms with Crippen molar-refractivity contribution in [2.45, 2.75) is 18.4 Å². The third-order valence-electron chi connectivity index (χ3n) is 4.37. The average Bonchev–Trinajstić information content (AvgIpc) is 2.67. The predicted molar refractivity (Wildman–Crippen MR) is 107 cm³/mol. The molecule has 4 nitrogen and oxygen atoms in total. The van der Waals surface area contributed by atoms with Gasteiger partial charge in [-0.3, -0.25) is 9.78 Å². The summed E-state index contributed by atoms with van der Waals surface area (Å²) in [6.07, 6.45) is 2.05. The van der Waals surface area contributed by atoms with Crippen molar-refractivity contribution < 1.29 is 9.53 Å². The van der Waals surface area contributed by atoms with Crippen LogP contribution in [-0.2, 0) is 6.54 Å².